The molecule has 0 saturated carbocycles. The first-order chi connectivity index (χ1) is 26.3. The number of aliphatic hydroxyl groups excluding tert-OH is 4. The fraction of sp³-hybridized carbons (Fsp3) is 1.00. The van der Waals surface area contributed by atoms with Crippen LogP contribution in [0.25, 0.3) is 0 Å². The van der Waals surface area contributed by atoms with Crippen LogP contribution in [-0.4, -0.2) is 182 Å². The van der Waals surface area contributed by atoms with Crippen LogP contribution in [0.2, 0.25) is 0 Å². The minimum absolute atomic E-state index is 0.0694. The Morgan fingerprint density at radius 3 is 0.741 bits per heavy atom. The predicted octanol–water partition coefficient (Wildman–Crippen LogP) is 5.43. The Kier molecular flexibility index (Phi) is 88.9. The molecule has 0 heterocycles. The van der Waals surface area contributed by atoms with E-state index in [1.54, 1.807) is 9.80 Å². The van der Waals surface area contributed by atoms with Gasteiger partial charge in [-0.1, -0.05) is 48.5 Å². The normalized spacial score (nSPS) is 10.2. The lowest BCUT2D eigenvalue weighted by atomic mass is 10.4. The minimum atomic E-state index is -0.0940. The van der Waals surface area contributed by atoms with Gasteiger partial charge in [-0.25, -0.2) is 4.90 Å². The molecule has 0 aliphatic carbocycles. The van der Waals surface area contributed by atoms with Crippen LogP contribution in [-0.2, 0) is 37.9 Å². The summed E-state index contributed by atoms with van der Waals surface area (Å²) in [6.07, 6.45) is 7.97. The topological polar surface area (TPSA) is 161 Å². The molecule has 0 fully saturated rings. The van der Waals surface area contributed by atoms with Crippen molar-refractivity contribution in [3.63, 3.8) is 0 Å². The van der Waals surface area contributed by atoms with E-state index in [9.17, 15) is 0 Å². The molecule has 0 saturated heterocycles. The van der Waals surface area contributed by atoms with Crippen molar-refractivity contribution in [1.29, 1.82) is 0 Å². The molecule has 0 aromatic heterocycles. The highest BCUT2D eigenvalue weighted by atomic mass is 16.6. The van der Waals surface area contributed by atoms with E-state index in [2.05, 4.69) is 48.5 Å². The maximum absolute atomic E-state index is 9.03. The second-order valence-electron chi connectivity index (χ2n) is 11.3. The van der Waals surface area contributed by atoms with E-state index < -0.39 is 0 Å². The van der Waals surface area contributed by atoms with Crippen molar-refractivity contribution in [3.8, 4) is 0 Å². The molecule has 0 amide bonds. The van der Waals surface area contributed by atoms with Crippen molar-refractivity contribution in [2.45, 2.75) is 114 Å². The van der Waals surface area contributed by atoms with E-state index in [1.165, 1.54) is 0 Å². The molecule has 0 unspecified atom stereocenters. The van der Waals surface area contributed by atoms with Crippen LogP contribution in [0, 0.1) is 0 Å². The van der Waals surface area contributed by atoms with Gasteiger partial charge in [0, 0.05) is 85.7 Å². The number of nitrogens with zero attached hydrogens (tertiary/aromatic N) is 2. The van der Waals surface area contributed by atoms with Gasteiger partial charge in [-0.3, -0.25) is 4.90 Å². The van der Waals surface area contributed by atoms with E-state index in [1.807, 2.05) is 20.8 Å². The molecule has 0 aliphatic heterocycles. The van der Waals surface area contributed by atoms with Crippen LogP contribution >= 0.6 is 0 Å². The van der Waals surface area contributed by atoms with Crippen LogP contribution in [0.3, 0.4) is 0 Å². The second-order valence-corrected chi connectivity index (χ2v) is 11.3. The van der Waals surface area contributed by atoms with Crippen LogP contribution in [0.4, 0.5) is 0 Å². The molecule has 0 bridgehead atoms. The van der Waals surface area contributed by atoms with Crippen molar-refractivity contribution in [3.05, 3.63) is 0 Å². The van der Waals surface area contributed by atoms with Crippen molar-refractivity contribution < 1.29 is 58.3 Å². The van der Waals surface area contributed by atoms with Gasteiger partial charge in [0.2, 0.25) is 0 Å². The van der Waals surface area contributed by atoms with Crippen molar-refractivity contribution >= 4 is 0 Å². The Labute approximate surface area is 334 Å². The largest absolute Gasteiger partial charge is 0.395 e. The van der Waals surface area contributed by atoms with E-state index >= 15 is 0 Å². The van der Waals surface area contributed by atoms with Gasteiger partial charge in [0.1, 0.15) is 13.5 Å². The molecule has 54 heavy (non-hydrogen) atoms. The summed E-state index contributed by atoms with van der Waals surface area (Å²) in [5.74, 6) is 0. The summed E-state index contributed by atoms with van der Waals surface area (Å²) in [6.45, 7) is 33.9. The Hall–Kier alpha value is -0.560. The van der Waals surface area contributed by atoms with Gasteiger partial charge in [-0.15, -0.1) is 0 Å². The summed E-state index contributed by atoms with van der Waals surface area (Å²) in [5.41, 5.74) is 0. The highest BCUT2D eigenvalue weighted by molar-refractivity contribution is 4.54. The van der Waals surface area contributed by atoms with Gasteiger partial charge in [0.15, 0.2) is 0 Å². The third kappa shape index (κ3) is 84.1. The zero-order valence-corrected chi connectivity index (χ0v) is 37.2. The van der Waals surface area contributed by atoms with Crippen LogP contribution < -0.4 is 0 Å². The molecule has 14 heteroatoms. The molecule has 0 spiro atoms. The summed E-state index contributed by atoms with van der Waals surface area (Å²) in [5, 5.41) is 34.5. The average Bonchev–Trinajstić information content (AvgIpc) is 3.18. The molecule has 0 aromatic rings. The van der Waals surface area contributed by atoms with Gasteiger partial charge >= 0.3 is 0 Å². The van der Waals surface area contributed by atoms with Gasteiger partial charge < -0.3 is 58.3 Å². The maximum Gasteiger partial charge on any atom is 0.103 e. The SMILES string of the molecule is CCCOCC.CCCOCCC.CCCOCCC.CCCOCCC.CCOCCOCN(CO)COCCOCC.OCCN(CCO)CCO. The Balaban J connectivity index is -0.000000135. The fourth-order valence-corrected chi connectivity index (χ4v) is 3.25. The summed E-state index contributed by atoms with van der Waals surface area (Å²) in [6, 6.07) is 0. The molecule has 0 aromatic carbocycles. The molecule has 336 valence electrons. The summed E-state index contributed by atoms with van der Waals surface area (Å²) in [4.78, 5) is 3.43. The zero-order valence-electron chi connectivity index (χ0n) is 37.2. The van der Waals surface area contributed by atoms with Crippen molar-refractivity contribution in [2.24, 2.45) is 0 Å². The number of hydrogen-bond donors (Lipinski definition) is 4. The van der Waals surface area contributed by atoms with Gasteiger partial charge in [-0.2, -0.15) is 0 Å². The third-order valence-electron chi connectivity index (χ3n) is 5.79. The van der Waals surface area contributed by atoms with Crippen molar-refractivity contribution in [2.75, 3.05) is 152 Å². The highest BCUT2D eigenvalue weighted by Crippen LogP contribution is 1.90. The maximum atomic E-state index is 9.03. The lowest BCUT2D eigenvalue weighted by Gasteiger charge is -2.19. The number of hydrogen-bond acceptors (Lipinski definition) is 14. The van der Waals surface area contributed by atoms with Crippen LogP contribution in [0.5, 0.6) is 0 Å². The minimum Gasteiger partial charge on any atom is -0.395 e. The predicted molar refractivity (Wildman–Crippen MR) is 222 cm³/mol. The Morgan fingerprint density at radius 2 is 0.537 bits per heavy atom. The first-order valence-electron chi connectivity index (χ1n) is 20.9. The Morgan fingerprint density at radius 1 is 0.296 bits per heavy atom. The Bertz CT molecular complexity index is 465. The third-order valence-corrected chi connectivity index (χ3v) is 5.79. The fourth-order valence-electron chi connectivity index (χ4n) is 3.25. The first kappa shape index (κ1) is 65.3. The van der Waals surface area contributed by atoms with Gasteiger partial charge in [-0.05, 0) is 65.7 Å². The first-order valence-corrected chi connectivity index (χ1v) is 20.9. The highest BCUT2D eigenvalue weighted by Gasteiger charge is 2.03. The molecule has 0 radical (unpaired) electrons. The summed E-state index contributed by atoms with van der Waals surface area (Å²) < 4.78 is 41.2. The number of rotatable bonds is 34. The lowest BCUT2D eigenvalue weighted by molar-refractivity contribution is -0.0927. The summed E-state index contributed by atoms with van der Waals surface area (Å²) in [7, 11) is 0. The molecule has 0 aliphatic rings. The van der Waals surface area contributed by atoms with E-state index in [0.29, 0.717) is 72.7 Å². The van der Waals surface area contributed by atoms with E-state index in [-0.39, 0.29) is 26.6 Å². The standard InChI is InChI=1S/C11H25NO5.C6H15NO3.3C6H14O.C5H12O/c1-3-14-5-7-16-10-12(9-13)11-17-8-6-15-4-2;8-4-1-7(2-5-9)3-6-10;3*1-3-5-7-6-4-2;1-3-5-6-4-2/h13H,3-11H2,1-2H3;8-10H,1-6H2;3*3-6H2,1-2H3;3-5H2,1-2H3. The van der Waals surface area contributed by atoms with Crippen LogP contribution in [0.1, 0.15) is 114 Å². The number of aliphatic hydroxyl groups is 4. The molecule has 0 atom stereocenters. The van der Waals surface area contributed by atoms with E-state index in [0.717, 1.165) is 97.8 Å². The molecule has 14 nitrogen and oxygen atoms in total. The molecular formula is C40H94N2O12. The number of ether oxygens (including phenoxy) is 8. The van der Waals surface area contributed by atoms with Crippen LogP contribution in [0.15, 0.2) is 0 Å². The second kappa shape index (κ2) is 73.5. The van der Waals surface area contributed by atoms with E-state index in [4.69, 9.17) is 58.3 Å². The summed E-state index contributed by atoms with van der Waals surface area (Å²) >= 11 is 0. The lowest BCUT2D eigenvalue weighted by Crippen LogP contribution is -2.32. The molecular weight excluding hydrogens is 700 g/mol. The van der Waals surface area contributed by atoms with Gasteiger partial charge in [0.05, 0.1) is 53.0 Å². The molecule has 4 N–H and O–H groups in total. The quantitative estimate of drug-likeness (QED) is 0.0483. The average molecular weight is 795 g/mol. The van der Waals surface area contributed by atoms with Gasteiger partial charge in [0.25, 0.3) is 0 Å². The van der Waals surface area contributed by atoms with Crippen molar-refractivity contribution in [1.82, 2.24) is 9.80 Å². The zero-order chi connectivity index (χ0) is 42.0. The smallest absolute Gasteiger partial charge is 0.103 e. The monoisotopic (exact) mass is 795 g/mol. The molecule has 0 rings (SSSR count).